The van der Waals surface area contributed by atoms with Crippen LogP contribution in [0.15, 0.2) is 30.3 Å². The second-order valence-electron chi connectivity index (χ2n) is 5.70. The van der Waals surface area contributed by atoms with Gasteiger partial charge in [-0.25, -0.2) is 0 Å². The molecule has 0 amide bonds. The van der Waals surface area contributed by atoms with Crippen molar-refractivity contribution >= 4 is 0 Å². The Kier molecular flexibility index (Phi) is 3.11. The third-order valence-electron chi connectivity index (χ3n) is 4.38. The summed E-state index contributed by atoms with van der Waals surface area (Å²) in [5.74, 6) is 0.713. The lowest BCUT2D eigenvalue weighted by molar-refractivity contribution is -0.127. The Labute approximate surface area is 132 Å². The molecule has 0 bridgehead atoms. The minimum atomic E-state index is -0.848. The highest BCUT2D eigenvalue weighted by molar-refractivity contribution is 5.50. The molecule has 0 saturated carbocycles. The largest absolute Gasteiger partial charge is 0.504 e. The van der Waals surface area contributed by atoms with Crippen molar-refractivity contribution in [1.82, 2.24) is 0 Å². The van der Waals surface area contributed by atoms with E-state index in [1.807, 2.05) is 0 Å². The van der Waals surface area contributed by atoms with Crippen LogP contribution in [0.2, 0.25) is 0 Å². The second kappa shape index (κ2) is 5.04. The van der Waals surface area contributed by atoms with Gasteiger partial charge in [0, 0.05) is 17.2 Å². The number of phenolic OH excluding ortho intramolecular Hbond substituents is 2. The van der Waals surface area contributed by atoms with Crippen LogP contribution in [-0.4, -0.2) is 28.5 Å². The predicted octanol–water partition coefficient (Wildman–Crippen LogP) is 2.17. The van der Waals surface area contributed by atoms with Gasteiger partial charge in [0.25, 0.3) is 0 Å². The monoisotopic (exact) mass is 316 g/mol. The van der Waals surface area contributed by atoms with E-state index in [-0.39, 0.29) is 18.1 Å². The Balaban J connectivity index is 1.81. The van der Waals surface area contributed by atoms with Crippen molar-refractivity contribution < 1.29 is 29.5 Å². The van der Waals surface area contributed by atoms with Crippen LogP contribution in [0.1, 0.15) is 28.9 Å². The lowest BCUT2D eigenvalue weighted by Gasteiger charge is -2.40. The van der Waals surface area contributed by atoms with Gasteiger partial charge in [0.2, 0.25) is 0 Å². The Hall–Kier alpha value is -2.44. The third kappa shape index (κ3) is 2.10. The summed E-state index contributed by atoms with van der Waals surface area (Å²) in [6, 6.07) is 8.14. The average molecular weight is 316 g/mol. The molecular weight excluding hydrogens is 300 g/mol. The van der Waals surface area contributed by atoms with Gasteiger partial charge < -0.3 is 29.5 Å². The normalized spacial score (nSPS) is 24.9. The van der Waals surface area contributed by atoms with E-state index in [2.05, 4.69) is 0 Å². The smallest absolute Gasteiger partial charge is 0.157 e. The van der Waals surface area contributed by atoms with Gasteiger partial charge in [-0.1, -0.05) is 0 Å². The zero-order valence-corrected chi connectivity index (χ0v) is 12.4. The van der Waals surface area contributed by atoms with Crippen molar-refractivity contribution in [3.8, 4) is 23.0 Å². The number of rotatable bonds is 1. The molecule has 23 heavy (non-hydrogen) atoms. The van der Waals surface area contributed by atoms with Crippen molar-refractivity contribution in [1.29, 1.82) is 0 Å². The number of ether oxygens (including phenoxy) is 3. The molecule has 3 N–H and O–H groups in total. The van der Waals surface area contributed by atoms with E-state index in [1.54, 1.807) is 25.3 Å². The molecule has 2 heterocycles. The highest BCUT2D eigenvalue weighted by atomic mass is 16.6. The van der Waals surface area contributed by atoms with Gasteiger partial charge in [-0.15, -0.1) is 0 Å². The third-order valence-corrected chi connectivity index (χ3v) is 4.38. The van der Waals surface area contributed by atoms with Crippen molar-refractivity contribution in [3.05, 3.63) is 47.0 Å². The van der Waals surface area contributed by atoms with Gasteiger partial charge in [0.05, 0.1) is 13.7 Å². The van der Waals surface area contributed by atoms with Gasteiger partial charge in [-0.2, -0.15) is 0 Å². The van der Waals surface area contributed by atoms with Gasteiger partial charge in [-0.05, 0) is 29.8 Å². The van der Waals surface area contributed by atoms with E-state index in [0.29, 0.717) is 22.6 Å². The van der Waals surface area contributed by atoms with Crippen LogP contribution < -0.4 is 9.47 Å². The molecule has 0 aliphatic carbocycles. The maximum Gasteiger partial charge on any atom is 0.157 e. The van der Waals surface area contributed by atoms with Crippen LogP contribution >= 0.6 is 0 Å². The van der Waals surface area contributed by atoms with E-state index in [4.69, 9.17) is 14.2 Å². The van der Waals surface area contributed by atoms with E-state index >= 15 is 0 Å². The fourth-order valence-corrected chi connectivity index (χ4v) is 3.17. The van der Waals surface area contributed by atoms with Gasteiger partial charge in [-0.3, -0.25) is 0 Å². The van der Waals surface area contributed by atoms with Gasteiger partial charge in [0.1, 0.15) is 23.7 Å². The second-order valence-corrected chi connectivity index (χ2v) is 5.70. The predicted molar refractivity (Wildman–Crippen MR) is 79.7 cm³/mol. The molecule has 6 heteroatoms. The number of hydrogen-bond acceptors (Lipinski definition) is 6. The molecule has 0 saturated heterocycles. The Bertz CT molecular complexity index is 772. The molecule has 0 radical (unpaired) electrons. The number of fused-ring (bicyclic) bond motifs is 4. The molecule has 2 aliphatic rings. The topological polar surface area (TPSA) is 88.4 Å². The number of hydrogen-bond donors (Lipinski definition) is 3. The molecule has 0 unspecified atom stereocenters. The molecular formula is C17H16O6. The maximum absolute atomic E-state index is 10.6. The van der Waals surface area contributed by atoms with E-state index in [0.717, 1.165) is 5.56 Å². The van der Waals surface area contributed by atoms with Gasteiger partial charge in [0.15, 0.2) is 17.6 Å². The van der Waals surface area contributed by atoms with Crippen LogP contribution in [0.3, 0.4) is 0 Å². The number of aromatic hydroxyl groups is 2. The highest BCUT2D eigenvalue weighted by Crippen LogP contribution is 2.48. The van der Waals surface area contributed by atoms with Crippen LogP contribution in [-0.2, 0) is 11.3 Å². The average Bonchev–Trinajstić information content (AvgIpc) is 2.56. The molecule has 2 aliphatic heterocycles. The van der Waals surface area contributed by atoms with Crippen LogP contribution in [0.25, 0.3) is 0 Å². The molecule has 0 aromatic heterocycles. The summed E-state index contributed by atoms with van der Waals surface area (Å²) in [4.78, 5) is 0. The first-order valence-electron chi connectivity index (χ1n) is 7.27. The molecule has 6 nitrogen and oxygen atoms in total. The Morgan fingerprint density at radius 1 is 1.09 bits per heavy atom. The zero-order valence-electron chi connectivity index (χ0n) is 12.4. The molecule has 2 aromatic rings. The SMILES string of the molecule is COc1ccc2c(c1)O[C@@H]1c3cc(O)c(O)cc3CO[C@H]1[C@@H]2O. The summed E-state index contributed by atoms with van der Waals surface area (Å²) in [6.07, 6.45) is -1.99. The zero-order chi connectivity index (χ0) is 16.1. The number of aliphatic hydroxyl groups is 1. The summed E-state index contributed by atoms with van der Waals surface area (Å²) in [7, 11) is 1.56. The summed E-state index contributed by atoms with van der Waals surface area (Å²) >= 11 is 0. The van der Waals surface area contributed by atoms with Crippen LogP contribution in [0, 0.1) is 0 Å². The summed E-state index contributed by atoms with van der Waals surface area (Å²) in [5.41, 5.74) is 2.06. The lowest BCUT2D eigenvalue weighted by atomic mass is 9.87. The summed E-state index contributed by atoms with van der Waals surface area (Å²) in [6.45, 7) is 0.232. The molecule has 0 fully saturated rings. The van der Waals surface area contributed by atoms with Crippen LogP contribution in [0.5, 0.6) is 23.0 Å². The van der Waals surface area contributed by atoms with E-state index in [1.165, 1.54) is 12.1 Å². The first-order valence-corrected chi connectivity index (χ1v) is 7.27. The number of phenols is 2. The first-order chi connectivity index (χ1) is 11.1. The minimum Gasteiger partial charge on any atom is -0.504 e. The number of benzene rings is 2. The Morgan fingerprint density at radius 3 is 2.65 bits per heavy atom. The van der Waals surface area contributed by atoms with Crippen molar-refractivity contribution in [2.45, 2.75) is 24.9 Å². The molecule has 0 spiro atoms. The van der Waals surface area contributed by atoms with Crippen molar-refractivity contribution in [2.75, 3.05) is 7.11 Å². The number of aliphatic hydroxyl groups excluding tert-OH is 1. The van der Waals surface area contributed by atoms with E-state index < -0.39 is 18.3 Å². The molecule has 3 atom stereocenters. The highest BCUT2D eigenvalue weighted by Gasteiger charge is 2.43. The quantitative estimate of drug-likeness (QED) is 0.699. The van der Waals surface area contributed by atoms with E-state index in [9.17, 15) is 15.3 Å². The maximum atomic E-state index is 10.6. The molecule has 2 aromatic carbocycles. The fourth-order valence-electron chi connectivity index (χ4n) is 3.17. The molecule has 120 valence electrons. The summed E-state index contributed by atoms with van der Waals surface area (Å²) in [5, 5.41) is 30.0. The lowest BCUT2D eigenvalue weighted by Crippen LogP contribution is -2.39. The Morgan fingerprint density at radius 2 is 1.87 bits per heavy atom. The fraction of sp³-hybridized carbons (Fsp3) is 0.294. The summed E-state index contributed by atoms with van der Waals surface area (Å²) < 4.78 is 16.9. The van der Waals surface area contributed by atoms with Crippen molar-refractivity contribution in [2.24, 2.45) is 0 Å². The molecule has 4 rings (SSSR count). The first kappa shape index (κ1) is 14.2. The minimum absolute atomic E-state index is 0.204. The van der Waals surface area contributed by atoms with Gasteiger partial charge >= 0.3 is 0 Å². The van der Waals surface area contributed by atoms with Crippen molar-refractivity contribution in [3.63, 3.8) is 0 Å². The number of methoxy groups -OCH3 is 1. The van der Waals surface area contributed by atoms with Crippen LogP contribution in [0.4, 0.5) is 0 Å². The standard InChI is InChI=1S/C17H16O6/c1-21-9-2-3-10-14(5-9)23-16-11-6-13(19)12(18)4-8(11)7-22-17(16)15(10)20/h2-6,15-20H,7H2,1H3/t15-,16-,17+/m1/s1.